The Morgan fingerprint density at radius 3 is 2.12 bits per heavy atom. The van der Waals surface area contributed by atoms with Crippen molar-refractivity contribution < 1.29 is 4.39 Å². The molecule has 3 rings (SSSR count). The van der Waals surface area contributed by atoms with E-state index in [1.54, 1.807) is 12.1 Å². The van der Waals surface area contributed by atoms with Crippen molar-refractivity contribution in [3.05, 3.63) is 59.9 Å². The average molecular weight is 369 g/mol. The fourth-order valence-corrected chi connectivity index (χ4v) is 7.86. The minimum atomic E-state index is -0.495. The van der Waals surface area contributed by atoms with Crippen LogP contribution in [-0.4, -0.2) is 8.80 Å². The van der Waals surface area contributed by atoms with Crippen LogP contribution in [0.25, 0.3) is 11.1 Å². The Morgan fingerprint density at radius 2 is 1.50 bits per heavy atom. The number of hydrogen-bond acceptors (Lipinski definition) is 0. The van der Waals surface area contributed by atoms with E-state index in [2.05, 4.69) is 31.2 Å². The lowest BCUT2D eigenvalue weighted by atomic mass is 9.96. The molecule has 0 amide bonds. The van der Waals surface area contributed by atoms with Crippen LogP contribution in [0.1, 0.15) is 51.0 Å². The zero-order valence-corrected chi connectivity index (χ0v) is 17.4. The summed E-state index contributed by atoms with van der Waals surface area (Å²) in [5.41, 5.74) is 3.74. The molecule has 2 heteroatoms. The molecule has 26 heavy (non-hydrogen) atoms. The van der Waals surface area contributed by atoms with Gasteiger partial charge >= 0.3 is 0 Å². The van der Waals surface area contributed by atoms with Gasteiger partial charge < -0.3 is 0 Å². The fraction of sp³-hybridized carbons (Fsp3) is 0.500. The highest BCUT2D eigenvalue weighted by atomic mass is 28.3. The van der Waals surface area contributed by atoms with Gasteiger partial charge in [0.1, 0.15) is 5.82 Å². The summed E-state index contributed by atoms with van der Waals surface area (Å²) in [4.78, 5) is 0. The van der Waals surface area contributed by atoms with E-state index in [1.807, 2.05) is 12.1 Å². The van der Waals surface area contributed by atoms with Crippen LogP contribution in [0, 0.1) is 11.7 Å². The van der Waals surface area contributed by atoms with Crippen LogP contribution < -0.4 is 0 Å². The number of rotatable bonds is 8. The molecule has 1 aliphatic heterocycles. The van der Waals surface area contributed by atoms with Crippen molar-refractivity contribution >= 4 is 8.80 Å². The van der Waals surface area contributed by atoms with E-state index in [1.165, 1.54) is 74.2 Å². The minimum absolute atomic E-state index is 0.171. The lowest BCUT2D eigenvalue weighted by Crippen LogP contribution is -2.21. The molecule has 0 saturated carbocycles. The molecule has 0 aliphatic carbocycles. The standard InChI is InChI=1S/C24H33FSi/c1-2-3-4-5-20-14-17-26(18-15-20)19-16-21-6-8-22(9-7-21)23-10-12-24(25)13-11-23/h6-13,20,26H,2-5,14-19H2,1H3/t20-,26-. The zero-order valence-electron chi connectivity index (χ0n) is 16.2. The summed E-state index contributed by atoms with van der Waals surface area (Å²) in [5.74, 6) is 0.871. The van der Waals surface area contributed by atoms with Crippen molar-refractivity contribution in [2.45, 2.75) is 70.0 Å². The second kappa shape index (κ2) is 10.1. The molecule has 2 aromatic rings. The third kappa shape index (κ3) is 5.80. The monoisotopic (exact) mass is 368 g/mol. The van der Waals surface area contributed by atoms with Crippen molar-refractivity contribution in [1.82, 2.24) is 0 Å². The lowest BCUT2D eigenvalue weighted by Gasteiger charge is -2.27. The molecule has 140 valence electrons. The van der Waals surface area contributed by atoms with Crippen LogP contribution in [-0.2, 0) is 6.42 Å². The molecule has 0 bridgehead atoms. The Balaban J connectivity index is 1.42. The molecule has 1 fully saturated rings. The molecular formula is C24H33FSi. The summed E-state index contributed by atoms with van der Waals surface area (Å²) in [6, 6.07) is 20.3. The number of halogens is 1. The highest BCUT2D eigenvalue weighted by molar-refractivity contribution is 6.59. The predicted octanol–water partition coefficient (Wildman–Crippen LogP) is 7.25. The Labute approximate surface area is 160 Å². The van der Waals surface area contributed by atoms with Gasteiger partial charge in [-0.15, -0.1) is 0 Å². The van der Waals surface area contributed by atoms with Gasteiger partial charge in [-0.2, -0.15) is 0 Å². The molecule has 1 heterocycles. The minimum Gasteiger partial charge on any atom is -0.207 e. The first-order valence-corrected chi connectivity index (χ1v) is 13.0. The Hall–Kier alpha value is -1.41. The Bertz CT molecular complexity index is 639. The Morgan fingerprint density at radius 1 is 0.885 bits per heavy atom. The van der Waals surface area contributed by atoms with E-state index >= 15 is 0 Å². The van der Waals surface area contributed by atoms with Crippen molar-refractivity contribution in [3.63, 3.8) is 0 Å². The van der Waals surface area contributed by atoms with Gasteiger partial charge in [-0.05, 0) is 41.2 Å². The molecule has 0 N–H and O–H groups in total. The number of hydrogen-bond donors (Lipinski definition) is 0. The third-order valence-corrected chi connectivity index (χ3v) is 9.56. The molecule has 2 aromatic carbocycles. The molecule has 1 saturated heterocycles. The average Bonchev–Trinajstić information content (AvgIpc) is 2.69. The largest absolute Gasteiger partial charge is 0.207 e. The van der Waals surface area contributed by atoms with Crippen LogP contribution in [0.5, 0.6) is 0 Å². The van der Waals surface area contributed by atoms with Crippen molar-refractivity contribution in [2.24, 2.45) is 5.92 Å². The van der Waals surface area contributed by atoms with Crippen molar-refractivity contribution in [2.75, 3.05) is 0 Å². The van der Waals surface area contributed by atoms with E-state index in [9.17, 15) is 4.39 Å². The van der Waals surface area contributed by atoms with Gasteiger partial charge in [0.2, 0.25) is 0 Å². The summed E-state index contributed by atoms with van der Waals surface area (Å²) >= 11 is 0. The molecule has 0 unspecified atom stereocenters. The summed E-state index contributed by atoms with van der Waals surface area (Å²) in [7, 11) is -0.495. The van der Waals surface area contributed by atoms with Gasteiger partial charge in [-0.1, -0.05) is 100.0 Å². The van der Waals surface area contributed by atoms with Crippen LogP contribution in [0.4, 0.5) is 4.39 Å². The summed E-state index contributed by atoms with van der Waals surface area (Å²) in [5, 5.41) is 0. The SMILES string of the molecule is CCCCC[C@H]1CC[Si@H](CCc2ccc(-c3ccc(F)cc3)cc2)CC1. The highest BCUT2D eigenvalue weighted by Crippen LogP contribution is 2.31. The van der Waals surface area contributed by atoms with Crippen molar-refractivity contribution in [3.8, 4) is 11.1 Å². The molecule has 0 radical (unpaired) electrons. The van der Waals surface area contributed by atoms with E-state index < -0.39 is 8.80 Å². The zero-order chi connectivity index (χ0) is 18.2. The van der Waals surface area contributed by atoms with Gasteiger partial charge in [0.05, 0.1) is 0 Å². The van der Waals surface area contributed by atoms with E-state index in [0.29, 0.717) is 0 Å². The van der Waals surface area contributed by atoms with Gasteiger partial charge in [0, 0.05) is 8.80 Å². The third-order valence-electron chi connectivity index (χ3n) is 6.16. The van der Waals surface area contributed by atoms with Crippen molar-refractivity contribution in [1.29, 1.82) is 0 Å². The maximum atomic E-state index is 13.0. The molecule has 0 aromatic heterocycles. The smallest absolute Gasteiger partial charge is 0.123 e. The van der Waals surface area contributed by atoms with Crippen LogP contribution >= 0.6 is 0 Å². The topological polar surface area (TPSA) is 0 Å². The molecule has 1 aliphatic rings. The lowest BCUT2D eigenvalue weighted by molar-refractivity contribution is 0.416. The summed E-state index contributed by atoms with van der Waals surface area (Å²) < 4.78 is 13.0. The predicted molar refractivity (Wildman–Crippen MR) is 114 cm³/mol. The first kappa shape index (κ1) is 19.4. The van der Waals surface area contributed by atoms with Gasteiger partial charge in [0.15, 0.2) is 0 Å². The maximum absolute atomic E-state index is 13.0. The van der Waals surface area contributed by atoms with Gasteiger partial charge in [-0.3, -0.25) is 0 Å². The number of benzene rings is 2. The first-order valence-electron chi connectivity index (χ1n) is 10.6. The van der Waals surface area contributed by atoms with E-state index in [4.69, 9.17) is 0 Å². The van der Waals surface area contributed by atoms with Crippen LogP contribution in [0.15, 0.2) is 48.5 Å². The number of aryl methyl sites for hydroxylation is 1. The van der Waals surface area contributed by atoms with Crippen LogP contribution in [0.3, 0.4) is 0 Å². The van der Waals surface area contributed by atoms with E-state index in [0.717, 1.165) is 11.5 Å². The molecular weight excluding hydrogens is 335 g/mol. The number of unbranched alkanes of at least 4 members (excludes halogenated alkanes) is 2. The fourth-order valence-electron chi connectivity index (χ4n) is 4.37. The summed E-state index contributed by atoms with van der Waals surface area (Å²) in [6.07, 6.45) is 10.00. The van der Waals surface area contributed by atoms with Gasteiger partial charge in [0.25, 0.3) is 0 Å². The summed E-state index contributed by atoms with van der Waals surface area (Å²) in [6.45, 7) is 2.30. The molecule has 0 atom stereocenters. The van der Waals surface area contributed by atoms with Gasteiger partial charge in [-0.25, -0.2) is 4.39 Å². The quantitative estimate of drug-likeness (QED) is 0.340. The Kier molecular flexibility index (Phi) is 7.49. The highest BCUT2D eigenvalue weighted by Gasteiger charge is 2.21. The first-order chi connectivity index (χ1) is 12.7. The van der Waals surface area contributed by atoms with E-state index in [-0.39, 0.29) is 5.82 Å². The molecule has 0 nitrogen and oxygen atoms in total. The normalized spacial score (nSPS) is 20.2. The molecule has 0 spiro atoms. The maximum Gasteiger partial charge on any atom is 0.123 e. The van der Waals surface area contributed by atoms with Crippen LogP contribution in [0.2, 0.25) is 18.1 Å². The second-order valence-electron chi connectivity index (χ2n) is 8.13. The second-order valence-corrected chi connectivity index (χ2v) is 11.6.